The van der Waals surface area contributed by atoms with Crippen LogP contribution in [0.1, 0.15) is 33.1 Å². The molecule has 132 valence electrons. The first-order valence-electron chi connectivity index (χ1n) is 7.87. The number of hydrogen-bond donors (Lipinski definition) is 3. The number of aliphatic carboxylic acids is 2. The van der Waals surface area contributed by atoms with Crippen LogP contribution in [0, 0.1) is 23.2 Å². The number of piperidine rings is 1. The van der Waals surface area contributed by atoms with Gasteiger partial charge in [0.1, 0.15) is 17.7 Å². The molecule has 1 fully saturated rings. The number of nitrogens with zero attached hydrogens (tertiary/aromatic N) is 2. The zero-order valence-electron chi connectivity index (χ0n) is 13.9. The fourth-order valence-electron chi connectivity index (χ4n) is 2.53. The van der Waals surface area contributed by atoms with Crippen molar-refractivity contribution < 1.29 is 24.6 Å². The van der Waals surface area contributed by atoms with E-state index >= 15 is 0 Å². The normalized spacial score (nSPS) is 17.2. The molecular formula is C16H23N3O5. The maximum Gasteiger partial charge on any atom is 0.326 e. The monoisotopic (exact) mass is 337 g/mol. The number of likely N-dealkylation sites (tertiary alicyclic amines) is 1. The van der Waals surface area contributed by atoms with Gasteiger partial charge in [0.2, 0.25) is 0 Å². The minimum absolute atomic E-state index is 0.0796. The average Bonchev–Trinajstić information content (AvgIpc) is 2.51. The van der Waals surface area contributed by atoms with Gasteiger partial charge in [-0.25, -0.2) is 4.79 Å². The van der Waals surface area contributed by atoms with Gasteiger partial charge in [-0.2, -0.15) is 5.26 Å². The molecule has 0 spiro atoms. The molecule has 1 unspecified atom stereocenters. The van der Waals surface area contributed by atoms with Crippen LogP contribution < -0.4 is 5.32 Å². The SMILES string of the molecule is CC(C)CC(NC(=O)/C(C#N)=C\N1CCC(C(=O)O)CC1)C(=O)O. The molecule has 1 saturated heterocycles. The molecule has 1 rings (SSSR count). The van der Waals surface area contributed by atoms with Crippen molar-refractivity contribution in [2.45, 2.75) is 39.2 Å². The molecule has 24 heavy (non-hydrogen) atoms. The summed E-state index contributed by atoms with van der Waals surface area (Å²) in [6.45, 7) is 4.55. The number of carboxylic acids is 2. The molecule has 0 aromatic rings. The first-order valence-corrected chi connectivity index (χ1v) is 7.87. The molecule has 1 aliphatic heterocycles. The standard InChI is InChI=1S/C16H23N3O5/c1-10(2)7-13(16(23)24)18-14(20)12(8-17)9-19-5-3-11(4-6-19)15(21)22/h9-11,13H,3-7H2,1-2H3,(H,18,20)(H,21,22)(H,23,24)/b12-9-. The second-order valence-electron chi connectivity index (χ2n) is 6.30. The maximum atomic E-state index is 12.1. The van der Waals surface area contributed by atoms with E-state index in [1.807, 2.05) is 13.8 Å². The number of hydrogen-bond acceptors (Lipinski definition) is 5. The lowest BCUT2D eigenvalue weighted by molar-refractivity contribution is -0.143. The highest BCUT2D eigenvalue weighted by Crippen LogP contribution is 2.18. The van der Waals surface area contributed by atoms with E-state index in [9.17, 15) is 14.4 Å². The highest BCUT2D eigenvalue weighted by molar-refractivity contribution is 5.99. The summed E-state index contributed by atoms with van der Waals surface area (Å²) >= 11 is 0. The average molecular weight is 337 g/mol. The highest BCUT2D eigenvalue weighted by Gasteiger charge is 2.26. The molecule has 0 aromatic heterocycles. The van der Waals surface area contributed by atoms with Gasteiger partial charge in [-0.05, 0) is 25.2 Å². The lowest BCUT2D eigenvalue weighted by Crippen LogP contribution is -2.42. The maximum absolute atomic E-state index is 12.1. The van der Waals surface area contributed by atoms with Gasteiger partial charge in [-0.3, -0.25) is 9.59 Å². The summed E-state index contributed by atoms with van der Waals surface area (Å²) in [6, 6.07) is 0.730. The Kier molecular flexibility index (Phi) is 7.24. The van der Waals surface area contributed by atoms with Crippen LogP contribution in [0.25, 0.3) is 0 Å². The topological polar surface area (TPSA) is 131 Å². The van der Waals surface area contributed by atoms with Gasteiger partial charge in [0.15, 0.2) is 0 Å². The molecule has 8 nitrogen and oxygen atoms in total. The molecular weight excluding hydrogens is 314 g/mol. The van der Waals surface area contributed by atoms with E-state index in [1.165, 1.54) is 6.20 Å². The summed E-state index contributed by atoms with van der Waals surface area (Å²) in [5, 5.41) is 29.6. The number of carboxylic acid groups (broad SMARTS) is 2. The molecule has 0 radical (unpaired) electrons. The number of rotatable bonds is 7. The Morgan fingerprint density at radius 2 is 1.88 bits per heavy atom. The van der Waals surface area contributed by atoms with E-state index < -0.39 is 29.8 Å². The van der Waals surface area contributed by atoms with Crippen molar-refractivity contribution in [3.05, 3.63) is 11.8 Å². The predicted molar refractivity (Wildman–Crippen MR) is 84.7 cm³/mol. The van der Waals surface area contributed by atoms with Crippen LogP contribution in [0.3, 0.4) is 0 Å². The van der Waals surface area contributed by atoms with Crippen LogP contribution >= 0.6 is 0 Å². The van der Waals surface area contributed by atoms with Gasteiger partial charge < -0.3 is 20.4 Å². The largest absolute Gasteiger partial charge is 0.481 e. The first kappa shape index (κ1) is 19.5. The van der Waals surface area contributed by atoms with Gasteiger partial charge in [-0.15, -0.1) is 0 Å². The van der Waals surface area contributed by atoms with Gasteiger partial charge in [0.05, 0.1) is 5.92 Å². The lowest BCUT2D eigenvalue weighted by Gasteiger charge is -2.29. The van der Waals surface area contributed by atoms with Crippen LogP contribution in [-0.2, 0) is 14.4 Å². The summed E-state index contributed by atoms with van der Waals surface area (Å²) in [5.74, 6) is -3.04. The highest BCUT2D eigenvalue weighted by atomic mass is 16.4. The number of nitrogens with one attached hydrogen (secondary N) is 1. The number of amides is 1. The molecule has 3 N–H and O–H groups in total. The second kappa shape index (κ2) is 8.91. The second-order valence-corrected chi connectivity index (χ2v) is 6.30. The van der Waals surface area contributed by atoms with Crippen molar-refractivity contribution in [3.8, 4) is 6.07 Å². The fraction of sp³-hybridized carbons (Fsp3) is 0.625. The zero-order valence-corrected chi connectivity index (χ0v) is 13.9. The van der Waals surface area contributed by atoms with Crippen LogP contribution in [0.15, 0.2) is 11.8 Å². The zero-order chi connectivity index (χ0) is 18.3. The third-order valence-corrected chi connectivity index (χ3v) is 3.87. The Bertz CT molecular complexity index is 557. The van der Waals surface area contributed by atoms with Gasteiger partial charge in [-0.1, -0.05) is 13.8 Å². The molecule has 1 amide bonds. The predicted octanol–water partition coefficient (Wildman–Crippen LogP) is 0.806. The van der Waals surface area contributed by atoms with Gasteiger partial charge in [0, 0.05) is 19.3 Å². The van der Waals surface area contributed by atoms with E-state index in [1.54, 1.807) is 11.0 Å². The van der Waals surface area contributed by atoms with Crippen molar-refractivity contribution in [3.63, 3.8) is 0 Å². The van der Waals surface area contributed by atoms with E-state index in [0.29, 0.717) is 25.9 Å². The Morgan fingerprint density at radius 3 is 2.29 bits per heavy atom. The fourth-order valence-corrected chi connectivity index (χ4v) is 2.53. The summed E-state index contributed by atoms with van der Waals surface area (Å²) in [5.41, 5.74) is -0.182. The molecule has 0 aliphatic carbocycles. The van der Waals surface area contributed by atoms with Crippen molar-refractivity contribution in [2.24, 2.45) is 11.8 Å². The van der Waals surface area contributed by atoms with Crippen molar-refractivity contribution in [1.82, 2.24) is 10.2 Å². The molecule has 1 atom stereocenters. The van der Waals surface area contributed by atoms with Crippen LogP contribution in [0.5, 0.6) is 0 Å². The molecule has 0 saturated carbocycles. The minimum atomic E-state index is -1.14. The molecule has 0 aromatic carbocycles. The number of nitriles is 1. The Hall–Kier alpha value is -2.56. The van der Waals surface area contributed by atoms with Crippen molar-refractivity contribution in [1.29, 1.82) is 5.26 Å². The smallest absolute Gasteiger partial charge is 0.326 e. The minimum Gasteiger partial charge on any atom is -0.481 e. The van der Waals surface area contributed by atoms with Crippen LogP contribution in [-0.4, -0.2) is 52.1 Å². The molecule has 1 aliphatic rings. The summed E-state index contributed by atoms with van der Waals surface area (Å²) in [6.07, 6.45) is 2.53. The van der Waals surface area contributed by atoms with Crippen LogP contribution in [0.2, 0.25) is 0 Å². The van der Waals surface area contributed by atoms with Gasteiger partial charge >= 0.3 is 11.9 Å². The number of carbonyl (C=O) groups is 3. The van der Waals surface area contributed by atoms with E-state index in [0.717, 1.165) is 0 Å². The molecule has 1 heterocycles. The van der Waals surface area contributed by atoms with Gasteiger partial charge in [0.25, 0.3) is 5.91 Å². The van der Waals surface area contributed by atoms with E-state index in [4.69, 9.17) is 15.5 Å². The molecule has 8 heteroatoms. The summed E-state index contributed by atoms with van der Waals surface area (Å²) in [7, 11) is 0. The summed E-state index contributed by atoms with van der Waals surface area (Å²) < 4.78 is 0. The Balaban J connectivity index is 2.71. The van der Waals surface area contributed by atoms with Crippen LogP contribution in [0.4, 0.5) is 0 Å². The van der Waals surface area contributed by atoms with E-state index in [-0.39, 0.29) is 17.9 Å². The first-order chi connectivity index (χ1) is 11.2. The lowest BCUT2D eigenvalue weighted by atomic mass is 9.97. The molecule has 0 bridgehead atoms. The quantitative estimate of drug-likeness (QED) is 0.462. The van der Waals surface area contributed by atoms with E-state index in [2.05, 4.69) is 5.32 Å². The van der Waals surface area contributed by atoms with Crippen molar-refractivity contribution in [2.75, 3.05) is 13.1 Å². The Labute approximate surface area is 140 Å². The third kappa shape index (κ3) is 5.91. The third-order valence-electron chi connectivity index (χ3n) is 3.87. The number of carbonyl (C=O) groups excluding carboxylic acids is 1. The Morgan fingerprint density at radius 1 is 1.29 bits per heavy atom. The van der Waals surface area contributed by atoms with Crippen molar-refractivity contribution >= 4 is 17.8 Å². The summed E-state index contributed by atoms with van der Waals surface area (Å²) in [4.78, 5) is 36.0.